The van der Waals surface area contributed by atoms with Crippen LogP contribution in [0.15, 0.2) is 23.8 Å². The zero-order valence-corrected chi connectivity index (χ0v) is 11.2. The third-order valence-electron chi connectivity index (χ3n) is 3.81. The Hall–Kier alpha value is -0.600. The molecule has 0 saturated heterocycles. The number of aliphatic hydroxyl groups excluding tert-OH is 2. The zero-order valence-electron chi connectivity index (χ0n) is 11.2. The molecule has 1 aliphatic carbocycles. The van der Waals surface area contributed by atoms with Gasteiger partial charge in [0.25, 0.3) is 0 Å². The predicted molar refractivity (Wildman–Crippen MR) is 71.7 cm³/mol. The molecule has 2 nitrogen and oxygen atoms in total. The highest BCUT2D eigenvalue weighted by Gasteiger charge is 2.28. The van der Waals surface area contributed by atoms with Gasteiger partial charge in [0.2, 0.25) is 0 Å². The van der Waals surface area contributed by atoms with E-state index in [1.165, 1.54) is 12.0 Å². The zero-order chi connectivity index (χ0) is 12.8. The molecule has 1 rings (SSSR count). The van der Waals surface area contributed by atoms with Crippen molar-refractivity contribution in [2.24, 2.45) is 11.8 Å². The minimum Gasteiger partial charge on any atom is -0.392 e. The molecule has 0 heterocycles. The van der Waals surface area contributed by atoms with Crippen molar-refractivity contribution in [2.75, 3.05) is 6.61 Å². The first-order valence-corrected chi connectivity index (χ1v) is 6.66. The van der Waals surface area contributed by atoms with Crippen LogP contribution in [0.25, 0.3) is 0 Å². The van der Waals surface area contributed by atoms with Gasteiger partial charge in [0.15, 0.2) is 0 Å². The van der Waals surface area contributed by atoms with Crippen molar-refractivity contribution in [2.45, 2.75) is 52.1 Å². The van der Waals surface area contributed by atoms with Crippen molar-refractivity contribution in [3.05, 3.63) is 23.8 Å². The highest BCUT2D eigenvalue weighted by atomic mass is 16.3. The Labute approximate surface area is 105 Å². The first kappa shape index (κ1) is 14.5. The van der Waals surface area contributed by atoms with Crippen LogP contribution >= 0.6 is 0 Å². The van der Waals surface area contributed by atoms with Crippen LogP contribution in [0.2, 0.25) is 0 Å². The fourth-order valence-corrected chi connectivity index (χ4v) is 2.58. The number of hydrogen-bond acceptors (Lipinski definition) is 2. The van der Waals surface area contributed by atoms with Crippen LogP contribution in [0.5, 0.6) is 0 Å². The maximum Gasteiger partial charge on any atom is 0.0639 e. The van der Waals surface area contributed by atoms with Crippen LogP contribution in [0.4, 0.5) is 0 Å². The third-order valence-corrected chi connectivity index (χ3v) is 3.81. The summed E-state index contributed by atoms with van der Waals surface area (Å²) >= 11 is 0. The van der Waals surface area contributed by atoms with Gasteiger partial charge in [0, 0.05) is 5.92 Å². The SMILES string of the molecule is C=C(CC/C=C(/C)CO)[C@@H]1CC[C@@H](C)C[C@H]1O. The lowest BCUT2D eigenvalue weighted by Gasteiger charge is -2.32. The van der Waals surface area contributed by atoms with Gasteiger partial charge < -0.3 is 10.2 Å². The molecule has 1 saturated carbocycles. The van der Waals surface area contributed by atoms with Gasteiger partial charge in [-0.05, 0) is 44.9 Å². The van der Waals surface area contributed by atoms with Crippen molar-refractivity contribution in [1.82, 2.24) is 0 Å². The lowest BCUT2D eigenvalue weighted by molar-refractivity contribution is 0.0642. The summed E-state index contributed by atoms with van der Waals surface area (Å²) in [6.07, 6.45) is 6.89. The van der Waals surface area contributed by atoms with Crippen LogP contribution in [0.1, 0.15) is 46.0 Å². The van der Waals surface area contributed by atoms with E-state index >= 15 is 0 Å². The molecule has 0 spiro atoms. The average molecular weight is 238 g/mol. The fraction of sp³-hybridized carbons (Fsp3) is 0.733. The first-order valence-electron chi connectivity index (χ1n) is 6.66. The van der Waals surface area contributed by atoms with E-state index in [4.69, 9.17) is 5.11 Å². The molecule has 0 radical (unpaired) electrons. The molecule has 0 aromatic rings. The summed E-state index contributed by atoms with van der Waals surface area (Å²) < 4.78 is 0. The molecular formula is C15H26O2. The number of aliphatic hydroxyl groups is 2. The van der Waals surface area contributed by atoms with Gasteiger partial charge in [-0.3, -0.25) is 0 Å². The van der Waals surface area contributed by atoms with Crippen LogP contribution in [0, 0.1) is 11.8 Å². The summed E-state index contributed by atoms with van der Waals surface area (Å²) in [5.74, 6) is 0.930. The van der Waals surface area contributed by atoms with Crippen LogP contribution < -0.4 is 0 Å². The van der Waals surface area contributed by atoms with Crippen molar-refractivity contribution in [1.29, 1.82) is 0 Å². The Bertz CT molecular complexity index is 281. The molecule has 98 valence electrons. The second-order valence-electron chi connectivity index (χ2n) is 5.50. The van der Waals surface area contributed by atoms with Gasteiger partial charge in [0.1, 0.15) is 0 Å². The van der Waals surface area contributed by atoms with Gasteiger partial charge >= 0.3 is 0 Å². The van der Waals surface area contributed by atoms with E-state index in [1.807, 2.05) is 6.92 Å². The minimum atomic E-state index is -0.200. The summed E-state index contributed by atoms with van der Waals surface area (Å²) in [5.41, 5.74) is 2.18. The molecule has 3 atom stereocenters. The Morgan fingerprint density at radius 3 is 2.71 bits per heavy atom. The first-order chi connectivity index (χ1) is 8.04. The van der Waals surface area contributed by atoms with Crippen LogP contribution in [-0.4, -0.2) is 22.9 Å². The molecule has 0 bridgehead atoms. The summed E-state index contributed by atoms with van der Waals surface area (Å²) in [4.78, 5) is 0. The second-order valence-corrected chi connectivity index (χ2v) is 5.50. The van der Waals surface area contributed by atoms with Gasteiger partial charge in [-0.15, -0.1) is 0 Å². The predicted octanol–water partition coefficient (Wildman–Crippen LogP) is 3.06. The highest BCUT2D eigenvalue weighted by Crippen LogP contribution is 2.34. The number of rotatable bonds is 5. The molecular weight excluding hydrogens is 212 g/mol. The summed E-state index contributed by atoms with van der Waals surface area (Å²) in [6.45, 7) is 8.39. The summed E-state index contributed by atoms with van der Waals surface area (Å²) in [7, 11) is 0. The Balaban J connectivity index is 2.37. The van der Waals surface area contributed by atoms with Gasteiger partial charge in [-0.1, -0.05) is 30.7 Å². The van der Waals surface area contributed by atoms with E-state index in [9.17, 15) is 5.11 Å². The lowest BCUT2D eigenvalue weighted by atomic mass is 9.76. The van der Waals surface area contributed by atoms with Crippen LogP contribution in [0.3, 0.4) is 0 Å². The topological polar surface area (TPSA) is 40.5 Å². The van der Waals surface area contributed by atoms with Gasteiger partial charge in [-0.2, -0.15) is 0 Å². The molecule has 0 unspecified atom stereocenters. The van der Waals surface area contributed by atoms with E-state index in [-0.39, 0.29) is 18.6 Å². The lowest BCUT2D eigenvalue weighted by Crippen LogP contribution is -2.29. The largest absolute Gasteiger partial charge is 0.392 e. The Morgan fingerprint density at radius 1 is 1.41 bits per heavy atom. The molecule has 0 aromatic heterocycles. The number of hydrogen-bond donors (Lipinski definition) is 2. The van der Waals surface area contributed by atoms with E-state index < -0.39 is 0 Å². The molecule has 2 heteroatoms. The minimum absolute atomic E-state index is 0.135. The Kier molecular flexibility index (Phi) is 5.93. The van der Waals surface area contributed by atoms with Crippen molar-refractivity contribution in [3.63, 3.8) is 0 Å². The quantitative estimate of drug-likeness (QED) is 0.723. The monoisotopic (exact) mass is 238 g/mol. The third kappa shape index (κ3) is 4.64. The van der Waals surface area contributed by atoms with Crippen molar-refractivity contribution in [3.8, 4) is 0 Å². The van der Waals surface area contributed by atoms with Crippen molar-refractivity contribution < 1.29 is 10.2 Å². The molecule has 1 fully saturated rings. The molecule has 1 aliphatic rings. The number of allylic oxidation sites excluding steroid dienone is 1. The maximum absolute atomic E-state index is 10.0. The second kappa shape index (κ2) is 6.97. The molecule has 0 amide bonds. The highest BCUT2D eigenvalue weighted by molar-refractivity contribution is 5.08. The molecule has 17 heavy (non-hydrogen) atoms. The van der Waals surface area contributed by atoms with E-state index in [0.29, 0.717) is 5.92 Å². The summed E-state index contributed by atoms with van der Waals surface area (Å²) in [6, 6.07) is 0. The summed E-state index contributed by atoms with van der Waals surface area (Å²) in [5, 5.41) is 18.9. The van der Waals surface area contributed by atoms with E-state index in [1.54, 1.807) is 0 Å². The van der Waals surface area contributed by atoms with Gasteiger partial charge in [-0.25, -0.2) is 0 Å². The Morgan fingerprint density at radius 2 is 2.12 bits per heavy atom. The maximum atomic E-state index is 10.0. The average Bonchev–Trinajstić information content (AvgIpc) is 2.28. The van der Waals surface area contributed by atoms with Crippen molar-refractivity contribution >= 4 is 0 Å². The molecule has 0 aromatic carbocycles. The van der Waals surface area contributed by atoms with E-state index in [0.717, 1.165) is 31.3 Å². The fourth-order valence-electron chi connectivity index (χ4n) is 2.58. The van der Waals surface area contributed by atoms with Crippen LogP contribution in [-0.2, 0) is 0 Å². The molecule has 0 aliphatic heterocycles. The van der Waals surface area contributed by atoms with Gasteiger partial charge in [0.05, 0.1) is 12.7 Å². The van der Waals surface area contributed by atoms with E-state index in [2.05, 4.69) is 19.6 Å². The standard InChI is InChI=1S/C15H26O2/c1-11-7-8-14(15(17)9-11)13(3)6-4-5-12(2)10-16/h5,11,14-17H,3-4,6-10H2,1-2H3/b12-5-/t11-,14+,15-/m1/s1. The molecule has 2 N–H and O–H groups in total. The normalized spacial score (nSPS) is 30.4. The smallest absolute Gasteiger partial charge is 0.0639 e.